The third kappa shape index (κ3) is 6.79. The van der Waals surface area contributed by atoms with Crippen LogP contribution in [0.2, 0.25) is 0 Å². The Labute approximate surface area is 200 Å². The molecule has 1 N–H and O–H groups in total. The predicted molar refractivity (Wildman–Crippen MR) is 134 cm³/mol. The average molecular weight is 479 g/mol. The number of aromatic nitrogens is 2. The second-order valence-corrected chi connectivity index (χ2v) is 12.0. The first-order valence-corrected chi connectivity index (χ1v) is 14.7. The molecule has 3 saturated heterocycles. The van der Waals surface area contributed by atoms with Crippen LogP contribution in [0, 0.1) is 0 Å². The molecule has 0 bridgehead atoms. The molecule has 33 heavy (non-hydrogen) atoms. The van der Waals surface area contributed by atoms with Gasteiger partial charge < -0.3 is 10.2 Å². The molecule has 9 heteroatoms. The summed E-state index contributed by atoms with van der Waals surface area (Å²) in [6.07, 6.45) is 12.8. The number of hydrogen-bond donors (Lipinski definition) is 1. The minimum Gasteiger partial charge on any atom is -0.356 e. The van der Waals surface area contributed by atoms with Crippen molar-refractivity contribution in [3.63, 3.8) is 0 Å². The molecule has 0 aromatic carbocycles. The Kier molecular flexibility index (Phi) is 8.82. The molecule has 4 heterocycles. The Balaban J connectivity index is 1.30. The lowest BCUT2D eigenvalue weighted by Gasteiger charge is -2.37. The van der Waals surface area contributed by atoms with E-state index < -0.39 is 10.0 Å². The van der Waals surface area contributed by atoms with Crippen molar-refractivity contribution < 1.29 is 8.42 Å². The molecule has 1 aromatic rings. The fourth-order valence-corrected chi connectivity index (χ4v) is 7.08. The summed E-state index contributed by atoms with van der Waals surface area (Å²) in [7, 11) is -3.13. The maximum absolute atomic E-state index is 12.8. The first-order valence-electron chi connectivity index (χ1n) is 13.1. The zero-order valence-corrected chi connectivity index (χ0v) is 21.1. The van der Waals surface area contributed by atoms with Crippen LogP contribution < -0.4 is 10.2 Å². The molecule has 0 aliphatic carbocycles. The van der Waals surface area contributed by atoms with Gasteiger partial charge in [0, 0.05) is 57.5 Å². The summed E-state index contributed by atoms with van der Waals surface area (Å²) in [5, 5.41) is 3.56. The van der Waals surface area contributed by atoms with E-state index in [9.17, 15) is 8.42 Å². The summed E-state index contributed by atoms with van der Waals surface area (Å²) >= 11 is 0. The van der Waals surface area contributed by atoms with Gasteiger partial charge in [-0.15, -0.1) is 0 Å². The van der Waals surface area contributed by atoms with Crippen molar-refractivity contribution in [2.24, 2.45) is 0 Å². The number of rotatable bonds is 9. The van der Waals surface area contributed by atoms with E-state index in [0.29, 0.717) is 36.9 Å². The number of unbranched alkanes of at least 4 members (excludes halogenated alkanes) is 2. The maximum atomic E-state index is 12.8. The highest BCUT2D eigenvalue weighted by atomic mass is 32.2. The highest BCUT2D eigenvalue weighted by Gasteiger charge is 2.35. The SMILES string of the molecule is CCCCCS(=O)(=O)N1CCCC(N2CCC(Nc3nccc(N4CCCCCC4)n3)C2)C1. The zero-order chi connectivity index (χ0) is 23.1. The van der Waals surface area contributed by atoms with Crippen molar-refractivity contribution in [3.8, 4) is 0 Å². The second kappa shape index (κ2) is 11.8. The number of nitrogens with zero attached hydrogens (tertiary/aromatic N) is 5. The van der Waals surface area contributed by atoms with Crippen LogP contribution >= 0.6 is 0 Å². The number of hydrogen-bond acceptors (Lipinski definition) is 7. The van der Waals surface area contributed by atoms with E-state index in [-0.39, 0.29) is 0 Å². The molecule has 3 fully saturated rings. The lowest BCUT2D eigenvalue weighted by atomic mass is 10.1. The van der Waals surface area contributed by atoms with Gasteiger partial charge in [0.25, 0.3) is 0 Å². The highest BCUT2D eigenvalue weighted by molar-refractivity contribution is 7.89. The lowest BCUT2D eigenvalue weighted by molar-refractivity contribution is 0.161. The quantitative estimate of drug-likeness (QED) is 0.545. The van der Waals surface area contributed by atoms with Gasteiger partial charge in [-0.25, -0.2) is 17.7 Å². The van der Waals surface area contributed by atoms with Crippen molar-refractivity contribution in [1.82, 2.24) is 19.2 Å². The number of nitrogens with one attached hydrogen (secondary N) is 1. The average Bonchev–Trinajstić information content (AvgIpc) is 3.11. The van der Waals surface area contributed by atoms with Crippen LogP contribution in [0.5, 0.6) is 0 Å². The molecule has 0 saturated carbocycles. The van der Waals surface area contributed by atoms with Crippen LogP contribution in [-0.2, 0) is 10.0 Å². The molecule has 8 nitrogen and oxygen atoms in total. The molecule has 0 amide bonds. The molecule has 0 spiro atoms. The topological polar surface area (TPSA) is 81.7 Å². The summed E-state index contributed by atoms with van der Waals surface area (Å²) in [5.74, 6) is 2.04. The molecule has 3 aliphatic heterocycles. The van der Waals surface area contributed by atoms with E-state index in [0.717, 1.165) is 70.5 Å². The Morgan fingerprint density at radius 2 is 1.82 bits per heavy atom. The van der Waals surface area contributed by atoms with Crippen LogP contribution in [0.1, 0.15) is 71.1 Å². The van der Waals surface area contributed by atoms with Crippen LogP contribution in [0.3, 0.4) is 0 Å². The van der Waals surface area contributed by atoms with E-state index in [2.05, 4.69) is 27.0 Å². The summed E-state index contributed by atoms with van der Waals surface area (Å²) in [4.78, 5) is 14.2. The third-order valence-electron chi connectivity index (χ3n) is 7.40. The molecule has 2 unspecified atom stereocenters. The third-order valence-corrected chi connectivity index (χ3v) is 9.32. The Hall–Kier alpha value is -1.45. The summed E-state index contributed by atoms with van der Waals surface area (Å²) in [6.45, 7) is 7.50. The van der Waals surface area contributed by atoms with Gasteiger partial charge in [0.2, 0.25) is 16.0 Å². The monoisotopic (exact) mass is 478 g/mol. The largest absolute Gasteiger partial charge is 0.356 e. The van der Waals surface area contributed by atoms with Gasteiger partial charge in [0.1, 0.15) is 5.82 Å². The number of sulfonamides is 1. The predicted octanol–water partition coefficient (Wildman–Crippen LogP) is 3.33. The number of piperidine rings is 1. The van der Waals surface area contributed by atoms with Crippen LogP contribution in [0.4, 0.5) is 11.8 Å². The van der Waals surface area contributed by atoms with Gasteiger partial charge >= 0.3 is 0 Å². The fourth-order valence-electron chi connectivity index (χ4n) is 5.45. The van der Waals surface area contributed by atoms with Gasteiger partial charge in [-0.05, 0) is 44.6 Å². The first kappa shape index (κ1) is 24.7. The minimum atomic E-state index is -3.13. The number of likely N-dealkylation sites (tertiary alicyclic amines) is 1. The Bertz CT molecular complexity index is 843. The van der Waals surface area contributed by atoms with Crippen molar-refractivity contribution in [2.75, 3.05) is 55.2 Å². The van der Waals surface area contributed by atoms with Crippen LogP contribution in [-0.4, -0.2) is 84.7 Å². The number of anilines is 2. The van der Waals surface area contributed by atoms with Crippen LogP contribution in [0.25, 0.3) is 0 Å². The van der Waals surface area contributed by atoms with Gasteiger partial charge in [-0.3, -0.25) is 4.90 Å². The Morgan fingerprint density at radius 1 is 1.00 bits per heavy atom. The highest BCUT2D eigenvalue weighted by Crippen LogP contribution is 2.25. The van der Waals surface area contributed by atoms with Gasteiger partial charge in [0.15, 0.2) is 0 Å². The molecule has 1 aromatic heterocycles. The standard InChI is InChI=1S/C24H42N6O2S/c1-2-3-8-18-33(31,32)30-16-9-10-22(20-30)29-17-12-21(19-29)26-24-25-13-11-23(27-24)28-14-6-4-5-7-15-28/h11,13,21-22H,2-10,12,14-20H2,1H3,(H,25,26,27). The smallest absolute Gasteiger partial charge is 0.224 e. The van der Waals surface area contributed by atoms with E-state index in [1.54, 1.807) is 4.31 Å². The van der Waals surface area contributed by atoms with Gasteiger partial charge in [-0.2, -0.15) is 4.98 Å². The summed E-state index contributed by atoms with van der Waals surface area (Å²) < 4.78 is 27.3. The second-order valence-electron chi connectivity index (χ2n) is 9.94. The van der Waals surface area contributed by atoms with Gasteiger partial charge in [0.05, 0.1) is 5.75 Å². The van der Waals surface area contributed by atoms with Crippen molar-refractivity contribution in [1.29, 1.82) is 0 Å². The van der Waals surface area contributed by atoms with Crippen molar-refractivity contribution in [2.45, 2.75) is 83.2 Å². The molecule has 0 radical (unpaired) electrons. The molecule has 3 aliphatic rings. The van der Waals surface area contributed by atoms with Gasteiger partial charge in [-0.1, -0.05) is 32.6 Å². The fraction of sp³-hybridized carbons (Fsp3) is 0.833. The Morgan fingerprint density at radius 3 is 2.61 bits per heavy atom. The summed E-state index contributed by atoms with van der Waals surface area (Å²) in [6, 6.07) is 2.64. The van der Waals surface area contributed by atoms with E-state index in [4.69, 9.17) is 4.98 Å². The molecule has 186 valence electrons. The van der Waals surface area contributed by atoms with E-state index in [1.807, 2.05) is 12.3 Å². The first-order chi connectivity index (χ1) is 16.0. The molecular weight excluding hydrogens is 436 g/mol. The minimum absolute atomic E-state index is 0.294. The maximum Gasteiger partial charge on any atom is 0.224 e. The zero-order valence-electron chi connectivity index (χ0n) is 20.3. The normalized spacial score (nSPS) is 25.8. The van der Waals surface area contributed by atoms with Crippen molar-refractivity contribution in [3.05, 3.63) is 12.3 Å². The van der Waals surface area contributed by atoms with Crippen molar-refractivity contribution >= 4 is 21.8 Å². The summed E-state index contributed by atoms with van der Waals surface area (Å²) in [5.41, 5.74) is 0. The molecule has 4 rings (SSSR count). The van der Waals surface area contributed by atoms with Crippen LogP contribution in [0.15, 0.2) is 12.3 Å². The van der Waals surface area contributed by atoms with E-state index >= 15 is 0 Å². The molecule has 2 atom stereocenters. The van der Waals surface area contributed by atoms with E-state index in [1.165, 1.54) is 25.7 Å². The molecular formula is C24H42N6O2S. The lowest BCUT2D eigenvalue weighted by Crippen LogP contribution is -2.50.